The highest BCUT2D eigenvalue weighted by molar-refractivity contribution is 4.59. The molecule has 0 fully saturated rings. The maximum atomic E-state index is 9.43. The topological polar surface area (TPSA) is 20.2 Å². The number of hydrogen-bond donors (Lipinski definition) is 1. The van der Waals surface area contributed by atoms with Crippen LogP contribution in [0.2, 0.25) is 0 Å². The largest absolute Gasteiger partial charge is 0.393 e. The second kappa shape index (κ2) is 6.66. The lowest BCUT2D eigenvalue weighted by molar-refractivity contribution is 0.113. The minimum Gasteiger partial charge on any atom is -0.393 e. The molecular formula is C10H22O. The predicted octanol–water partition coefficient (Wildman–Crippen LogP) is 2.97. The van der Waals surface area contributed by atoms with Crippen LogP contribution in [-0.4, -0.2) is 11.2 Å². The first-order valence-corrected chi connectivity index (χ1v) is 4.86. The highest BCUT2D eigenvalue weighted by Crippen LogP contribution is 2.11. The molecule has 0 radical (unpaired) electrons. The van der Waals surface area contributed by atoms with Gasteiger partial charge in [0.25, 0.3) is 0 Å². The van der Waals surface area contributed by atoms with E-state index in [1.807, 2.05) is 0 Å². The van der Waals surface area contributed by atoms with Crippen LogP contribution in [0.15, 0.2) is 0 Å². The van der Waals surface area contributed by atoms with E-state index >= 15 is 0 Å². The average molecular weight is 158 g/mol. The summed E-state index contributed by atoms with van der Waals surface area (Å²) in [6.07, 6.45) is 5.96. The Morgan fingerprint density at radius 1 is 1.09 bits per heavy atom. The van der Waals surface area contributed by atoms with Gasteiger partial charge < -0.3 is 5.11 Å². The molecule has 0 aromatic carbocycles. The Bertz CT molecular complexity index is 78.9. The smallest absolute Gasteiger partial charge is 0.0563 e. The lowest BCUT2D eigenvalue weighted by Crippen LogP contribution is -2.13. The third-order valence-corrected chi connectivity index (χ3v) is 2.12. The highest BCUT2D eigenvalue weighted by Gasteiger charge is 2.07. The molecule has 68 valence electrons. The quantitative estimate of drug-likeness (QED) is 0.589. The number of aliphatic hydroxyl groups is 1. The molecule has 1 N–H and O–H groups in total. The van der Waals surface area contributed by atoms with Gasteiger partial charge in [0.2, 0.25) is 0 Å². The summed E-state index contributed by atoms with van der Waals surface area (Å²) in [5.74, 6) is 0.427. The third-order valence-electron chi connectivity index (χ3n) is 2.12. The Labute approximate surface area is 70.8 Å². The summed E-state index contributed by atoms with van der Waals surface area (Å²) in [7, 11) is 0. The first-order chi connectivity index (χ1) is 5.18. The number of rotatable bonds is 6. The van der Waals surface area contributed by atoms with Gasteiger partial charge >= 0.3 is 0 Å². The maximum Gasteiger partial charge on any atom is 0.0563 e. The molecule has 0 aliphatic rings. The molecule has 1 heteroatoms. The van der Waals surface area contributed by atoms with E-state index in [1.54, 1.807) is 0 Å². The van der Waals surface area contributed by atoms with Gasteiger partial charge in [-0.25, -0.2) is 0 Å². The Kier molecular flexibility index (Phi) is 6.63. The summed E-state index contributed by atoms with van der Waals surface area (Å²) in [6.45, 7) is 6.36. The van der Waals surface area contributed by atoms with E-state index in [1.165, 1.54) is 25.7 Å². The molecule has 1 nitrogen and oxygen atoms in total. The molecule has 0 aliphatic carbocycles. The molecular weight excluding hydrogens is 136 g/mol. The Balaban J connectivity index is 3.10. The van der Waals surface area contributed by atoms with Crippen LogP contribution in [-0.2, 0) is 0 Å². The van der Waals surface area contributed by atoms with E-state index < -0.39 is 0 Å². The number of aliphatic hydroxyl groups excluding tert-OH is 1. The van der Waals surface area contributed by atoms with Gasteiger partial charge in [-0.3, -0.25) is 0 Å². The second-order valence-electron chi connectivity index (χ2n) is 3.66. The van der Waals surface area contributed by atoms with Crippen molar-refractivity contribution in [3.05, 3.63) is 0 Å². The van der Waals surface area contributed by atoms with Crippen molar-refractivity contribution in [2.75, 3.05) is 0 Å². The van der Waals surface area contributed by atoms with Crippen molar-refractivity contribution in [3.63, 3.8) is 0 Å². The lowest BCUT2D eigenvalue weighted by atomic mass is 10.0. The second-order valence-corrected chi connectivity index (χ2v) is 3.66. The van der Waals surface area contributed by atoms with Crippen molar-refractivity contribution < 1.29 is 5.11 Å². The summed E-state index contributed by atoms with van der Waals surface area (Å²) in [6, 6.07) is 0. The standard InChI is InChI=1S/C10H22O/c1-4-5-6-7-8-10(11)9(2)3/h9-11H,4-8H2,1-3H3. The van der Waals surface area contributed by atoms with Crippen LogP contribution in [0.4, 0.5) is 0 Å². The molecule has 0 aliphatic heterocycles. The molecule has 1 unspecified atom stereocenters. The molecule has 0 spiro atoms. The van der Waals surface area contributed by atoms with E-state index in [4.69, 9.17) is 0 Å². The van der Waals surface area contributed by atoms with Crippen LogP contribution in [0.5, 0.6) is 0 Å². The maximum absolute atomic E-state index is 9.43. The molecule has 0 aromatic rings. The van der Waals surface area contributed by atoms with E-state index in [-0.39, 0.29) is 6.10 Å². The summed E-state index contributed by atoms with van der Waals surface area (Å²) < 4.78 is 0. The van der Waals surface area contributed by atoms with Crippen LogP contribution in [0.3, 0.4) is 0 Å². The molecule has 0 saturated carbocycles. The van der Waals surface area contributed by atoms with E-state index in [0.29, 0.717) is 5.92 Å². The SMILES string of the molecule is CCCCCCC(O)C(C)C. The van der Waals surface area contributed by atoms with Crippen molar-refractivity contribution in [1.29, 1.82) is 0 Å². The number of unbranched alkanes of at least 4 members (excludes halogenated alkanes) is 3. The van der Waals surface area contributed by atoms with Crippen molar-refractivity contribution in [3.8, 4) is 0 Å². The van der Waals surface area contributed by atoms with Gasteiger partial charge in [-0.2, -0.15) is 0 Å². The Hall–Kier alpha value is -0.0400. The molecule has 0 heterocycles. The lowest BCUT2D eigenvalue weighted by Gasteiger charge is -2.13. The summed E-state index contributed by atoms with van der Waals surface area (Å²) >= 11 is 0. The van der Waals surface area contributed by atoms with E-state index in [0.717, 1.165) is 6.42 Å². The minimum absolute atomic E-state index is 0.0770. The molecule has 0 amide bonds. The summed E-state index contributed by atoms with van der Waals surface area (Å²) in [5.41, 5.74) is 0. The average Bonchev–Trinajstić information content (AvgIpc) is 1.97. The molecule has 0 rings (SSSR count). The van der Waals surface area contributed by atoms with Crippen LogP contribution >= 0.6 is 0 Å². The summed E-state index contributed by atoms with van der Waals surface area (Å²) in [4.78, 5) is 0. The zero-order valence-corrected chi connectivity index (χ0v) is 8.14. The molecule has 0 bridgehead atoms. The van der Waals surface area contributed by atoms with Crippen molar-refractivity contribution in [2.45, 2.75) is 59.0 Å². The van der Waals surface area contributed by atoms with Gasteiger partial charge in [0.05, 0.1) is 6.10 Å². The number of hydrogen-bond acceptors (Lipinski definition) is 1. The van der Waals surface area contributed by atoms with E-state index in [2.05, 4.69) is 20.8 Å². The van der Waals surface area contributed by atoms with Gasteiger partial charge in [0.1, 0.15) is 0 Å². The van der Waals surface area contributed by atoms with Crippen LogP contribution in [0.1, 0.15) is 52.9 Å². The first-order valence-electron chi connectivity index (χ1n) is 4.86. The monoisotopic (exact) mass is 158 g/mol. The molecule has 0 saturated heterocycles. The van der Waals surface area contributed by atoms with Gasteiger partial charge in [0, 0.05) is 0 Å². The fourth-order valence-electron chi connectivity index (χ4n) is 1.11. The summed E-state index contributed by atoms with van der Waals surface area (Å²) in [5, 5.41) is 9.43. The van der Waals surface area contributed by atoms with Gasteiger partial charge in [0.15, 0.2) is 0 Å². The van der Waals surface area contributed by atoms with Crippen LogP contribution in [0, 0.1) is 5.92 Å². The van der Waals surface area contributed by atoms with Gasteiger partial charge in [-0.15, -0.1) is 0 Å². The van der Waals surface area contributed by atoms with Crippen molar-refractivity contribution in [1.82, 2.24) is 0 Å². The molecule has 11 heavy (non-hydrogen) atoms. The van der Waals surface area contributed by atoms with E-state index in [9.17, 15) is 5.11 Å². The van der Waals surface area contributed by atoms with Crippen LogP contribution < -0.4 is 0 Å². The van der Waals surface area contributed by atoms with Crippen molar-refractivity contribution >= 4 is 0 Å². The zero-order valence-electron chi connectivity index (χ0n) is 8.14. The normalized spacial score (nSPS) is 13.9. The predicted molar refractivity (Wildman–Crippen MR) is 49.6 cm³/mol. The Morgan fingerprint density at radius 2 is 1.73 bits per heavy atom. The minimum atomic E-state index is -0.0770. The van der Waals surface area contributed by atoms with Crippen LogP contribution in [0.25, 0.3) is 0 Å². The third kappa shape index (κ3) is 6.36. The van der Waals surface area contributed by atoms with Gasteiger partial charge in [-0.05, 0) is 12.3 Å². The molecule has 0 aromatic heterocycles. The fraction of sp³-hybridized carbons (Fsp3) is 1.00. The van der Waals surface area contributed by atoms with Gasteiger partial charge in [-0.1, -0.05) is 46.5 Å². The highest BCUT2D eigenvalue weighted by atomic mass is 16.3. The Morgan fingerprint density at radius 3 is 2.18 bits per heavy atom. The zero-order chi connectivity index (χ0) is 8.69. The van der Waals surface area contributed by atoms with Crippen molar-refractivity contribution in [2.24, 2.45) is 5.92 Å². The fourth-order valence-corrected chi connectivity index (χ4v) is 1.11. The molecule has 1 atom stereocenters. The first kappa shape index (κ1) is 11.0.